The predicted molar refractivity (Wildman–Crippen MR) is 158 cm³/mol. The summed E-state index contributed by atoms with van der Waals surface area (Å²) >= 11 is 1.84. The van der Waals surface area contributed by atoms with Crippen molar-refractivity contribution < 1.29 is 0 Å². The number of rotatable bonds is 3. The normalized spacial score (nSPS) is 13.6. The topological polar surface area (TPSA) is 12.9 Å². The minimum atomic E-state index is -0.0347. The molecule has 0 spiro atoms. The number of benzene rings is 5. The van der Waals surface area contributed by atoms with Crippen LogP contribution >= 0.6 is 11.8 Å². The van der Waals surface area contributed by atoms with Crippen LogP contribution < -0.4 is 0 Å². The molecule has 0 unspecified atom stereocenters. The van der Waals surface area contributed by atoms with Gasteiger partial charge in [0, 0.05) is 33.0 Å². The lowest BCUT2D eigenvalue weighted by Gasteiger charge is -2.23. The Labute approximate surface area is 222 Å². The van der Waals surface area contributed by atoms with Gasteiger partial charge in [0.1, 0.15) is 0 Å². The van der Waals surface area contributed by atoms with E-state index in [4.69, 9.17) is 0 Å². The Morgan fingerprint density at radius 3 is 2.19 bits per heavy atom. The molecule has 0 saturated heterocycles. The molecular weight excluding hydrogens is 466 g/mol. The Hall–Kier alpha value is -3.88. The quantitative estimate of drug-likeness (QED) is 0.228. The zero-order valence-corrected chi connectivity index (χ0v) is 22.1. The fourth-order valence-electron chi connectivity index (χ4n) is 5.99. The molecule has 0 radical (unpaired) electrons. The van der Waals surface area contributed by atoms with Gasteiger partial charge in [-0.2, -0.15) is 0 Å². The van der Waals surface area contributed by atoms with Gasteiger partial charge in [0.25, 0.3) is 0 Å². The number of fused-ring (bicyclic) bond motifs is 5. The van der Waals surface area contributed by atoms with Crippen molar-refractivity contribution in [3.8, 4) is 22.3 Å². The van der Waals surface area contributed by atoms with E-state index in [0.717, 1.165) is 0 Å². The Bertz CT molecular complexity index is 1770. The van der Waals surface area contributed by atoms with Crippen LogP contribution in [0.5, 0.6) is 0 Å². The minimum Gasteiger partial charge on any atom is -0.264 e. The Balaban J connectivity index is 1.49. The van der Waals surface area contributed by atoms with E-state index >= 15 is 0 Å². The van der Waals surface area contributed by atoms with Gasteiger partial charge in [-0.05, 0) is 80.7 Å². The summed E-state index contributed by atoms with van der Waals surface area (Å²) in [4.78, 5) is 7.13. The largest absolute Gasteiger partial charge is 0.264 e. The smallest absolute Gasteiger partial charge is 0.0353 e. The Morgan fingerprint density at radius 1 is 0.649 bits per heavy atom. The molecule has 1 aliphatic rings. The standard InChI is InChI=1S/C35H27NS/c1-22-12-15-24(16-13-22)37-34-28-10-5-4-9-27(28)33(30-21-36-19-18-29(30)34)23-14-17-26-25-8-6-7-11-31(25)35(2,3)32(26)20-23/h4-21H,1-3H3. The molecule has 1 aromatic heterocycles. The first kappa shape index (κ1) is 22.3. The number of aromatic nitrogens is 1. The van der Waals surface area contributed by atoms with E-state index in [0.29, 0.717) is 0 Å². The van der Waals surface area contributed by atoms with Crippen molar-refractivity contribution in [3.05, 3.63) is 126 Å². The average molecular weight is 494 g/mol. The van der Waals surface area contributed by atoms with E-state index in [1.165, 1.54) is 70.3 Å². The molecule has 0 saturated carbocycles. The summed E-state index contributed by atoms with van der Waals surface area (Å²) in [7, 11) is 0. The van der Waals surface area contributed by atoms with Gasteiger partial charge in [-0.15, -0.1) is 0 Å². The van der Waals surface area contributed by atoms with Crippen LogP contribution in [0.15, 0.2) is 119 Å². The molecule has 1 nitrogen and oxygen atoms in total. The van der Waals surface area contributed by atoms with Crippen LogP contribution in [0.25, 0.3) is 43.8 Å². The molecular formula is C35H27NS. The molecule has 178 valence electrons. The fourth-order valence-corrected chi connectivity index (χ4v) is 7.07. The maximum atomic E-state index is 4.59. The number of aryl methyl sites for hydroxylation is 1. The molecule has 37 heavy (non-hydrogen) atoms. The predicted octanol–water partition coefficient (Wildman–Crippen LogP) is 9.82. The van der Waals surface area contributed by atoms with Gasteiger partial charge >= 0.3 is 0 Å². The summed E-state index contributed by atoms with van der Waals surface area (Å²) in [5.74, 6) is 0. The number of hydrogen-bond donors (Lipinski definition) is 0. The molecule has 7 rings (SSSR count). The highest BCUT2D eigenvalue weighted by molar-refractivity contribution is 7.99. The molecule has 0 amide bonds. The highest BCUT2D eigenvalue weighted by Gasteiger charge is 2.35. The highest BCUT2D eigenvalue weighted by atomic mass is 32.2. The molecule has 2 heteroatoms. The molecule has 0 bridgehead atoms. The fraction of sp³-hybridized carbons (Fsp3) is 0.114. The molecule has 0 N–H and O–H groups in total. The summed E-state index contributed by atoms with van der Waals surface area (Å²) in [6, 6.07) is 35.7. The van der Waals surface area contributed by atoms with Crippen molar-refractivity contribution in [1.29, 1.82) is 0 Å². The Kier molecular flexibility index (Phi) is 5.02. The van der Waals surface area contributed by atoms with Gasteiger partial charge < -0.3 is 0 Å². The second-order valence-corrected chi connectivity index (χ2v) is 11.6. The monoisotopic (exact) mass is 493 g/mol. The maximum Gasteiger partial charge on any atom is 0.0353 e. The van der Waals surface area contributed by atoms with Crippen LogP contribution in [-0.2, 0) is 5.41 Å². The van der Waals surface area contributed by atoms with Crippen molar-refractivity contribution in [2.75, 3.05) is 0 Å². The zero-order valence-electron chi connectivity index (χ0n) is 21.2. The van der Waals surface area contributed by atoms with E-state index in [1.54, 1.807) is 0 Å². The molecule has 1 aliphatic carbocycles. The van der Waals surface area contributed by atoms with Crippen molar-refractivity contribution in [2.24, 2.45) is 0 Å². The van der Waals surface area contributed by atoms with E-state index in [1.807, 2.05) is 24.2 Å². The summed E-state index contributed by atoms with van der Waals surface area (Å²) in [6.45, 7) is 6.83. The summed E-state index contributed by atoms with van der Waals surface area (Å²) in [5, 5.41) is 5.00. The van der Waals surface area contributed by atoms with E-state index in [9.17, 15) is 0 Å². The number of hydrogen-bond acceptors (Lipinski definition) is 2. The van der Waals surface area contributed by atoms with Crippen LogP contribution in [0, 0.1) is 6.92 Å². The second kappa shape index (κ2) is 8.33. The lowest BCUT2D eigenvalue weighted by Crippen LogP contribution is -2.14. The summed E-state index contributed by atoms with van der Waals surface area (Å²) < 4.78 is 0. The first-order valence-electron chi connectivity index (χ1n) is 12.8. The second-order valence-electron chi connectivity index (χ2n) is 10.5. The molecule has 0 aliphatic heterocycles. The van der Waals surface area contributed by atoms with Crippen LogP contribution in [0.2, 0.25) is 0 Å². The number of pyridine rings is 1. The number of nitrogens with zero attached hydrogens (tertiary/aromatic N) is 1. The molecule has 1 heterocycles. The summed E-state index contributed by atoms with van der Waals surface area (Å²) in [5.41, 5.74) is 9.27. The van der Waals surface area contributed by atoms with Crippen molar-refractivity contribution in [2.45, 2.75) is 36.0 Å². The van der Waals surface area contributed by atoms with Crippen LogP contribution in [0.1, 0.15) is 30.5 Å². The molecule has 5 aromatic carbocycles. The lowest BCUT2D eigenvalue weighted by molar-refractivity contribution is 0.660. The minimum absolute atomic E-state index is 0.0347. The van der Waals surface area contributed by atoms with E-state index < -0.39 is 0 Å². The van der Waals surface area contributed by atoms with E-state index in [2.05, 4.69) is 123 Å². The molecule has 0 atom stereocenters. The van der Waals surface area contributed by atoms with Gasteiger partial charge in [0.2, 0.25) is 0 Å². The van der Waals surface area contributed by atoms with Gasteiger partial charge in [-0.3, -0.25) is 4.98 Å². The molecule has 6 aromatic rings. The van der Waals surface area contributed by atoms with Gasteiger partial charge in [-0.25, -0.2) is 0 Å². The third-order valence-corrected chi connectivity index (χ3v) is 9.04. The average Bonchev–Trinajstić information content (AvgIpc) is 3.16. The van der Waals surface area contributed by atoms with Crippen LogP contribution in [0.4, 0.5) is 0 Å². The highest BCUT2D eigenvalue weighted by Crippen LogP contribution is 2.51. The zero-order chi connectivity index (χ0) is 25.1. The first-order valence-corrected chi connectivity index (χ1v) is 13.6. The maximum absolute atomic E-state index is 4.59. The SMILES string of the molecule is Cc1ccc(Sc2c3ccccc3c(-c3ccc4c(c3)C(C)(C)c3ccccc3-4)c3cnccc23)cc1. The van der Waals surface area contributed by atoms with Crippen LogP contribution in [-0.4, -0.2) is 4.98 Å². The first-order chi connectivity index (χ1) is 18.0. The molecule has 0 fully saturated rings. The van der Waals surface area contributed by atoms with Crippen molar-refractivity contribution in [1.82, 2.24) is 4.98 Å². The van der Waals surface area contributed by atoms with Crippen molar-refractivity contribution >= 4 is 33.3 Å². The summed E-state index contributed by atoms with van der Waals surface area (Å²) in [6.07, 6.45) is 3.96. The van der Waals surface area contributed by atoms with Crippen LogP contribution in [0.3, 0.4) is 0 Å². The van der Waals surface area contributed by atoms with E-state index in [-0.39, 0.29) is 5.41 Å². The third-order valence-electron chi connectivity index (χ3n) is 7.89. The van der Waals surface area contributed by atoms with Crippen molar-refractivity contribution in [3.63, 3.8) is 0 Å². The lowest BCUT2D eigenvalue weighted by atomic mass is 9.81. The Morgan fingerprint density at radius 2 is 1.35 bits per heavy atom. The third kappa shape index (κ3) is 3.43. The van der Waals surface area contributed by atoms with Gasteiger partial charge in [0.15, 0.2) is 0 Å². The van der Waals surface area contributed by atoms with Gasteiger partial charge in [0.05, 0.1) is 0 Å². The van der Waals surface area contributed by atoms with Gasteiger partial charge in [-0.1, -0.05) is 104 Å².